The van der Waals surface area contributed by atoms with Gasteiger partial charge in [-0.2, -0.15) is 0 Å². The molecule has 4 rings (SSSR count). The van der Waals surface area contributed by atoms with Crippen LogP contribution in [0.2, 0.25) is 0 Å². The first-order valence-corrected chi connectivity index (χ1v) is 9.05. The van der Waals surface area contributed by atoms with Crippen LogP contribution in [0.1, 0.15) is 27.7 Å². The zero-order valence-electron chi connectivity index (χ0n) is 14.9. The quantitative estimate of drug-likeness (QED) is 0.552. The van der Waals surface area contributed by atoms with Crippen LogP contribution in [-0.4, -0.2) is 10.9 Å². The molecule has 0 radical (unpaired) electrons. The highest BCUT2D eigenvalue weighted by Gasteiger charge is 2.17. The van der Waals surface area contributed by atoms with Crippen molar-refractivity contribution in [3.05, 3.63) is 114 Å². The molecule has 4 aromatic rings. The average molecular weight is 352 g/mol. The van der Waals surface area contributed by atoms with Crippen LogP contribution in [-0.2, 0) is 6.42 Å². The van der Waals surface area contributed by atoms with Crippen LogP contribution in [0.3, 0.4) is 0 Å². The van der Waals surface area contributed by atoms with Gasteiger partial charge in [-0.1, -0.05) is 72.8 Å². The van der Waals surface area contributed by atoms with E-state index in [9.17, 15) is 4.79 Å². The maximum absolute atomic E-state index is 12.7. The van der Waals surface area contributed by atoms with Crippen LogP contribution in [0, 0.1) is 0 Å². The van der Waals surface area contributed by atoms with Crippen LogP contribution in [0.15, 0.2) is 97.1 Å². The van der Waals surface area contributed by atoms with Gasteiger partial charge >= 0.3 is 0 Å². The molecule has 0 aliphatic carbocycles. The number of hydrogen-bond acceptors (Lipinski definition) is 2. The molecule has 1 unspecified atom stereocenters. The van der Waals surface area contributed by atoms with Gasteiger partial charge in [-0.3, -0.25) is 9.78 Å². The Hall–Kier alpha value is -3.46. The summed E-state index contributed by atoms with van der Waals surface area (Å²) >= 11 is 0. The van der Waals surface area contributed by atoms with Gasteiger partial charge in [-0.05, 0) is 29.8 Å². The van der Waals surface area contributed by atoms with E-state index in [1.54, 1.807) is 0 Å². The molecule has 3 heteroatoms. The monoisotopic (exact) mass is 352 g/mol. The zero-order chi connectivity index (χ0) is 18.5. The zero-order valence-corrected chi connectivity index (χ0v) is 14.9. The number of nitrogens with zero attached hydrogens (tertiary/aromatic N) is 1. The van der Waals surface area contributed by atoms with E-state index in [0.29, 0.717) is 12.0 Å². The highest BCUT2D eigenvalue weighted by Crippen LogP contribution is 2.20. The molecule has 0 aliphatic rings. The highest BCUT2D eigenvalue weighted by atomic mass is 16.1. The molecule has 0 saturated carbocycles. The molecule has 3 aromatic carbocycles. The lowest BCUT2D eigenvalue weighted by atomic mass is 10.0. The minimum Gasteiger partial charge on any atom is -0.345 e. The van der Waals surface area contributed by atoms with Crippen molar-refractivity contribution < 1.29 is 4.79 Å². The maximum Gasteiger partial charge on any atom is 0.251 e. The number of hydrogen-bond donors (Lipinski definition) is 1. The van der Waals surface area contributed by atoms with Crippen LogP contribution < -0.4 is 5.32 Å². The molecule has 27 heavy (non-hydrogen) atoms. The van der Waals surface area contributed by atoms with Gasteiger partial charge in [-0.25, -0.2) is 0 Å². The second-order valence-electron chi connectivity index (χ2n) is 6.50. The molecular formula is C24H20N2O. The van der Waals surface area contributed by atoms with Crippen molar-refractivity contribution in [3.63, 3.8) is 0 Å². The van der Waals surface area contributed by atoms with E-state index in [2.05, 4.69) is 17.4 Å². The van der Waals surface area contributed by atoms with E-state index in [1.165, 1.54) is 0 Å². The van der Waals surface area contributed by atoms with E-state index in [0.717, 1.165) is 22.2 Å². The maximum atomic E-state index is 12.7. The molecule has 0 spiro atoms. The first kappa shape index (κ1) is 17.0. The average Bonchev–Trinajstić information content (AvgIpc) is 2.74. The second-order valence-corrected chi connectivity index (χ2v) is 6.50. The highest BCUT2D eigenvalue weighted by molar-refractivity contribution is 5.94. The predicted molar refractivity (Wildman–Crippen MR) is 109 cm³/mol. The van der Waals surface area contributed by atoms with E-state index >= 15 is 0 Å². The van der Waals surface area contributed by atoms with Crippen molar-refractivity contribution in [1.29, 1.82) is 0 Å². The van der Waals surface area contributed by atoms with Crippen molar-refractivity contribution in [3.8, 4) is 0 Å². The Morgan fingerprint density at radius 1 is 0.778 bits per heavy atom. The van der Waals surface area contributed by atoms with Crippen molar-refractivity contribution in [1.82, 2.24) is 10.3 Å². The predicted octanol–water partition coefficient (Wildman–Crippen LogP) is 4.95. The Morgan fingerprint density at radius 2 is 1.44 bits per heavy atom. The van der Waals surface area contributed by atoms with Crippen LogP contribution in [0.25, 0.3) is 10.9 Å². The summed E-state index contributed by atoms with van der Waals surface area (Å²) < 4.78 is 0. The summed E-state index contributed by atoms with van der Waals surface area (Å²) in [5.74, 6) is -0.0785. The van der Waals surface area contributed by atoms with E-state index in [1.807, 2.05) is 84.9 Å². The molecule has 0 saturated heterocycles. The van der Waals surface area contributed by atoms with Gasteiger partial charge in [0.05, 0.1) is 11.6 Å². The van der Waals surface area contributed by atoms with Crippen LogP contribution >= 0.6 is 0 Å². The largest absolute Gasteiger partial charge is 0.345 e. The van der Waals surface area contributed by atoms with Crippen molar-refractivity contribution in [2.75, 3.05) is 0 Å². The molecule has 1 amide bonds. The smallest absolute Gasteiger partial charge is 0.251 e. The number of para-hydroxylation sites is 1. The fourth-order valence-electron chi connectivity index (χ4n) is 3.20. The Bertz CT molecular complexity index is 1050. The number of amides is 1. The van der Waals surface area contributed by atoms with Crippen molar-refractivity contribution >= 4 is 16.8 Å². The van der Waals surface area contributed by atoms with Crippen molar-refractivity contribution in [2.45, 2.75) is 12.5 Å². The first-order valence-electron chi connectivity index (χ1n) is 9.05. The van der Waals surface area contributed by atoms with Gasteiger partial charge in [0.2, 0.25) is 0 Å². The second kappa shape index (κ2) is 7.83. The molecule has 132 valence electrons. The lowest BCUT2D eigenvalue weighted by Crippen LogP contribution is -2.30. The summed E-state index contributed by atoms with van der Waals surface area (Å²) in [5, 5.41) is 4.28. The Labute approximate surface area is 158 Å². The number of fused-ring (bicyclic) bond motifs is 1. The first-order chi connectivity index (χ1) is 13.3. The standard InChI is InChI=1S/C24H20N2O/c27-24(20-12-5-2-6-13-20)26-23(18-9-3-1-4-10-18)17-21-16-15-19-11-7-8-14-22(19)25-21/h1-16,23H,17H2,(H,26,27). The Kier molecular flexibility index (Phi) is 4.93. The lowest BCUT2D eigenvalue weighted by Gasteiger charge is -2.19. The Balaban J connectivity index is 1.62. The number of carbonyl (C=O) groups is 1. The fourth-order valence-corrected chi connectivity index (χ4v) is 3.20. The topological polar surface area (TPSA) is 42.0 Å². The van der Waals surface area contributed by atoms with Gasteiger partial charge in [-0.15, -0.1) is 0 Å². The summed E-state index contributed by atoms with van der Waals surface area (Å²) in [7, 11) is 0. The van der Waals surface area contributed by atoms with E-state index in [-0.39, 0.29) is 11.9 Å². The molecule has 1 atom stereocenters. The SMILES string of the molecule is O=C(NC(Cc1ccc2ccccc2n1)c1ccccc1)c1ccccc1. The molecule has 0 bridgehead atoms. The third kappa shape index (κ3) is 4.04. The van der Waals surface area contributed by atoms with E-state index < -0.39 is 0 Å². The number of benzene rings is 3. The van der Waals surface area contributed by atoms with Gasteiger partial charge in [0.1, 0.15) is 0 Å². The normalized spacial score (nSPS) is 11.9. The molecule has 0 aliphatic heterocycles. The summed E-state index contributed by atoms with van der Waals surface area (Å²) in [5.41, 5.74) is 3.65. The van der Waals surface area contributed by atoms with Crippen LogP contribution in [0.5, 0.6) is 0 Å². The minimum absolute atomic E-state index is 0.0785. The Morgan fingerprint density at radius 3 is 2.22 bits per heavy atom. The number of aromatic nitrogens is 1. The summed E-state index contributed by atoms with van der Waals surface area (Å²) in [6, 6.07) is 31.4. The number of rotatable bonds is 5. The molecule has 1 aromatic heterocycles. The van der Waals surface area contributed by atoms with Crippen LogP contribution in [0.4, 0.5) is 0 Å². The third-order valence-corrected chi connectivity index (χ3v) is 4.61. The fraction of sp³-hybridized carbons (Fsp3) is 0.0833. The molecule has 1 heterocycles. The summed E-state index contributed by atoms with van der Waals surface area (Å²) in [6.45, 7) is 0. The summed E-state index contributed by atoms with van der Waals surface area (Å²) in [4.78, 5) is 17.5. The van der Waals surface area contributed by atoms with Gasteiger partial charge < -0.3 is 5.32 Å². The number of pyridine rings is 1. The minimum atomic E-state index is -0.146. The molecular weight excluding hydrogens is 332 g/mol. The van der Waals surface area contributed by atoms with Crippen molar-refractivity contribution in [2.24, 2.45) is 0 Å². The van der Waals surface area contributed by atoms with Gasteiger partial charge in [0, 0.05) is 23.1 Å². The number of nitrogens with one attached hydrogen (secondary N) is 1. The summed E-state index contributed by atoms with van der Waals surface area (Å²) in [6.07, 6.45) is 0.632. The number of carbonyl (C=O) groups excluding carboxylic acids is 1. The lowest BCUT2D eigenvalue weighted by molar-refractivity contribution is 0.0936. The van der Waals surface area contributed by atoms with Gasteiger partial charge in [0.15, 0.2) is 0 Å². The van der Waals surface area contributed by atoms with Gasteiger partial charge in [0.25, 0.3) is 5.91 Å². The molecule has 0 fully saturated rings. The molecule has 1 N–H and O–H groups in total. The van der Waals surface area contributed by atoms with E-state index in [4.69, 9.17) is 4.98 Å². The molecule has 3 nitrogen and oxygen atoms in total. The third-order valence-electron chi connectivity index (χ3n) is 4.61.